The Morgan fingerprint density at radius 3 is 2.81 bits per heavy atom. The molecule has 134 valence electrons. The Hall–Kier alpha value is -2.31. The molecule has 1 amide bonds. The second-order valence-corrected chi connectivity index (χ2v) is 7.19. The topological polar surface area (TPSA) is 73.0 Å². The van der Waals surface area contributed by atoms with Gasteiger partial charge in [0.25, 0.3) is 5.91 Å². The van der Waals surface area contributed by atoms with Crippen LogP contribution in [0.25, 0.3) is 5.69 Å². The van der Waals surface area contributed by atoms with E-state index in [4.69, 9.17) is 27.7 Å². The molecule has 1 aromatic carbocycles. The molecular weight excluding hydrogens is 375 g/mol. The molecule has 0 saturated heterocycles. The number of benzene rings is 1. The third-order valence-corrected chi connectivity index (χ3v) is 4.79. The van der Waals surface area contributed by atoms with Crippen molar-refractivity contribution in [3.63, 3.8) is 0 Å². The van der Waals surface area contributed by atoms with Crippen LogP contribution >= 0.6 is 23.2 Å². The normalized spacial score (nSPS) is 13.8. The Labute approximate surface area is 160 Å². The third-order valence-electron chi connectivity index (χ3n) is 4.25. The number of aromatic nitrogens is 3. The first kappa shape index (κ1) is 17.1. The number of halogens is 2. The van der Waals surface area contributed by atoms with Crippen LogP contribution in [0, 0.1) is 6.92 Å². The molecule has 2 aromatic heterocycles. The number of hydrogen-bond donors (Lipinski definition) is 1. The molecule has 6 nitrogen and oxygen atoms in total. The standard InChI is InChI=1S/C18H16Cl2N4O2/c1-10-6-13(26-23-10)8-21-18(25)14-9-22-24(17(14)11-2-3-11)16-5-4-12(19)7-15(16)20/h4-7,9,11H,2-3,8H2,1H3,(H,21,25). The van der Waals surface area contributed by atoms with E-state index in [0.717, 1.165) is 24.2 Å². The monoisotopic (exact) mass is 390 g/mol. The second-order valence-electron chi connectivity index (χ2n) is 6.34. The number of aryl methyl sites for hydroxylation is 1. The van der Waals surface area contributed by atoms with E-state index in [1.807, 2.05) is 13.0 Å². The largest absolute Gasteiger partial charge is 0.359 e. The Kier molecular flexibility index (Phi) is 4.46. The summed E-state index contributed by atoms with van der Waals surface area (Å²) in [5, 5.41) is 12.1. The summed E-state index contributed by atoms with van der Waals surface area (Å²) in [5.41, 5.74) is 2.91. The molecule has 0 unspecified atom stereocenters. The molecule has 26 heavy (non-hydrogen) atoms. The van der Waals surface area contributed by atoms with Crippen LogP contribution < -0.4 is 5.32 Å². The summed E-state index contributed by atoms with van der Waals surface area (Å²) in [6.07, 6.45) is 3.64. The van der Waals surface area contributed by atoms with Crippen LogP contribution in [0.1, 0.15) is 46.3 Å². The van der Waals surface area contributed by atoms with E-state index >= 15 is 0 Å². The summed E-state index contributed by atoms with van der Waals surface area (Å²) < 4.78 is 6.87. The van der Waals surface area contributed by atoms with Gasteiger partial charge >= 0.3 is 0 Å². The zero-order valence-electron chi connectivity index (χ0n) is 14.0. The van der Waals surface area contributed by atoms with E-state index in [1.54, 1.807) is 29.1 Å². The van der Waals surface area contributed by atoms with Gasteiger partial charge in [0.2, 0.25) is 0 Å². The van der Waals surface area contributed by atoms with Gasteiger partial charge in [0.1, 0.15) is 0 Å². The molecule has 3 aromatic rings. The van der Waals surface area contributed by atoms with E-state index in [1.165, 1.54) is 0 Å². The van der Waals surface area contributed by atoms with Gasteiger partial charge in [-0.2, -0.15) is 5.10 Å². The predicted molar refractivity (Wildman–Crippen MR) is 98.0 cm³/mol. The molecule has 0 bridgehead atoms. The summed E-state index contributed by atoms with van der Waals surface area (Å²) in [6, 6.07) is 7.03. The molecule has 0 aliphatic heterocycles. The van der Waals surface area contributed by atoms with E-state index in [9.17, 15) is 4.79 Å². The Morgan fingerprint density at radius 1 is 1.35 bits per heavy atom. The highest BCUT2D eigenvalue weighted by atomic mass is 35.5. The van der Waals surface area contributed by atoms with Crippen molar-refractivity contribution in [3.05, 3.63) is 63.2 Å². The number of carbonyl (C=O) groups excluding carboxylic acids is 1. The van der Waals surface area contributed by atoms with Crippen molar-refractivity contribution in [3.8, 4) is 5.69 Å². The number of nitrogens with one attached hydrogen (secondary N) is 1. The third kappa shape index (κ3) is 3.34. The number of carbonyl (C=O) groups is 1. The maximum absolute atomic E-state index is 12.7. The highest BCUT2D eigenvalue weighted by Crippen LogP contribution is 2.43. The molecule has 1 fully saturated rings. The minimum absolute atomic E-state index is 0.197. The lowest BCUT2D eigenvalue weighted by Gasteiger charge is -2.11. The van der Waals surface area contributed by atoms with Gasteiger partial charge in [-0.3, -0.25) is 4.79 Å². The first-order valence-electron chi connectivity index (χ1n) is 8.26. The lowest BCUT2D eigenvalue weighted by molar-refractivity contribution is 0.0946. The molecule has 1 aliphatic carbocycles. The Morgan fingerprint density at radius 2 is 2.15 bits per heavy atom. The van der Waals surface area contributed by atoms with Crippen LogP contribution in [0.4, 0.5) is 0 Å². The lowest BCUT2D eigenvalue weighted by atomic mass is 10.1. The van der Waals surface area contributed by atoms with Gasteiger partial charge in [0.15, 0.2) is 5.76 Å². The predicted octanol–water partition coefficient (Wildman–Crippen LogP) is 4.28. The van der Waals surface area contributed by atoms with Crippen molar-refractivity contribution in [1.82, 2.24) is 20.3 Å². The average Bonchev–Trinajstić information content (AvgIpc) is 3.21. The maximum Gasteiger partial charge on any atom is 0.255 e. The van der Waals surface area contributed by atoms with Crippen LogP contribution in [0.3, 0.4) is 0 Å². The molecule has 2 heterocycles. The van der Waals surface area contributed by atoms with Crippen LogP contribution in [-0.2, 0) is 6.54 Å². The number of rotatable bonds is 5. The highest BCUT2D eigenvalue weighted by Gasteiger charge is 2.33. The summed E-state index contributed by atoms with van der Waals surface area (Å²) in [6.45, 7) is 2.11. The van der Waals surface area contributed by atoms with E-state index in [2.05, 4.69) is 15.6 Å². The van der Waals surface area contributed by atoms with Gasteiger partial charge in [0.05, 0.1) is 40.4 Å². The van der Waals surface area contributed by atoms with E-state index in [-0.39, 0.29) is 12.5 Å². The minimum Gasteiger partial charge on any atom is -0.359 e. The van der Waals surface area contributed by atoms with Crippen molar-refractivity contribution >= 4 is 29.1 Å². The first-order chi connectivity index (χ1) is 12.5. The average molecular weight is 391 g/mol. The van der Waals surface area contributed by atoms with Crippen LogP contribution in [0.5, 0.6) is 0 Å². The Balaban J connectivity index is 1.62. The smallest absolute Gasteiger partial charge is 0.255 e. The molecule has 4 rings (SSSR count). The lowest BCUT2D eigenvalue weighted by Crippen LogP contribution is -2.23. The molecule has 0 radical (unpaired) electrons. The van der Waals surface area contributed by atoms with Gasteiger partial charge in [-0.15, -0.1) is 0 Å². The van der Waals surface area contributed by atoms with Crippen molar-refractivity contribution in [2.24, 2.45) is 0 Å². The van der Waals surface area contributed by atoms with Crippen molar-refractivity contribution in [2.45, 2.75) is 32.2 Å². The SMILES string of the molecule is Cc1cc(CNC(=O)c2cnn(-c3ccc(Cl)cc3Cl)c2C2CC2)on1. The first-order valence-corrected chi connectivity index (χ1v) is 9.02. The molecular formula is C18H16Cl2N4O2. The molecule has 0 atom stereocenters. The number of amides is 1. The zero-order valence-corrected chi connectivity index (χ0v) is 15.5. The zero-order chi connectivity index (χ0) is 18.3. The van der Waals surface area contributed by atoms with E-state index < -0.39 is 0 Å². The van der Waals surface area contributed by atoms with Gasteiger partial charge in [-0.05, 0) is 38.0 Å². The van der Waals surface area contributed by atoms with Gasteiger partial charge in [-0.1, -0.05) is 28.4 Å². The van der Waals surface area contributed by atoms with Crippen molar-refractivity contribution in [1.29, 1.82) is 0 Å². The molecule has 1 aliphatic rings. The van der Waals surface area contributed by atoms with Crippen LogP contribution in [0.15, 0.2) is 35.0 Å². The van der Waals surface area contributed by atoms with Crippen molar-refractivity contribution < 1.29 is 9.32 Å². The molecule has 8 heteroatoms. The number of nitrogens with zero attached hydrogens (tertiary/aromatic N) is 3. The second kappa shape index (κ2) is 6.78. The van der Waals surface area contributed by atoms with Gasteiger partial charge < -0.3 is 9.84 Å². The molecule has 1 N–H and O–H groups in total. The fraction of sp³-hybridized carbons (Fsp3) is 0.278. The summed E-state index contributed by atoms with van der Waals surface area (Å²) in [5.74, 6) is 0.715. The van der Waals surface area contributed by atoms with Crippen molar-refractivity contribution in [2.75, 3.05) is 0 Å². The van der Waals surface area contributed by atoms with Crippen LogP contribution in [0.2, 0.25) is 10.0 Å². The fourth-order valence-electron chi connectivity index (χ4n) is 2.89. The van der Waals surface area contributed by atoms with Gasteiger partial charge in [-0.25, -0.2) is 4.68 Å². The highest BCUT2D eigenvalue weighted by molar-refractivity contribution is 6.35. The summed E-state index contributed by atoms with van der Waals surface area (Å²) in [4.78, 5) is 12.7. The minimum atomic E-state index is -0.197. The summed E-state index contributed by atoms with van der Waals surface area (Å²) >= 11 is 12.3. The van der Waals surface area contributed by atoms with E-state index in [0.29, 0.717) is 33.0 Å². The van der Waals surface area contributed by atoms with Crippen LogP contribution in [-0.4, -0.2) is 20.8 Å². The summed E-state index contributed by atoms with van der Waals surface area (Å²) in [7, 11) is 0. The molecule has 0 spiro atoms. The fourth-order valence-corrected chi connectivity index (χ4v) is 3.38. The van der Waals surface area contributed by atoms with Gasteiger partial charge in [0, 0.05) is 17.0 Å². The quantitative estimate of drug-likeness (QED) is 0.705. The maximum atomic E-state index is 12.7. The number of hydrogen-bond acceptors (Lipinski definition) is 4. The molecule has 1 saturated carbocycles. The Bertz CT molecular complexity index is 975.